The van der Waals surface area contributed by atoms with Gasteiger partial charge in [-0.15, -0.1) is 0 Å². The molecule has 6 heteroatoms. The Morgan fingerprint density at radius 2 is 1.25 bits per heavy atom. The molecule has 0 bridgehead atoms. The molecule has 0 radical (unpaired) electrons. The highest BCUT2D eigenvalue weighted by atomic mass is 16.4. The lowest BCUT2D eigenvalue weighted by molar-refractivity contribution is -0.137. The zero-order chi connectivity index (χ0) is 9.40. The number of carboxylic acid groups (broad SMARTS) is 2. The van der Waals surface area contributed by atoms with Crippen molar-refractivity contribution < 1.29 is 19.8 Å². The predicted molar refractivity (Wildman–Crippen MR) is 39.1 cm³/mol. The SMILES string of the molecule is O=C(O)CCN=NCCC(=O)O. The van der Waals surface area contributed by atoms with Crippen LogP contribution in [0.5, 0.6) is 0 Å². The molecule has 0 heterocycles. The molecule has 0 saturated heterocycles. The number of azo groups is 1. The smallest absolute Gasteiger partial charge is 0.305 e. The monoisotopic (exact) mass is 174 g/mol. The third kappa shape index (κ3) is 8.54. The van der Waals surface area contributed by atoms with Gasteiger partial charge >= 0.3 is 11.9 Å². The highest BCUT2D eigenvalue weighted by Crippen LogP contribution is 1.85. The van der Waals surface area contributed by atoms with Crippen LogP contribution in [-0.2, 0) is 9.59 Å². The number of carboxylic acids is 2. The van der Waals surface area contributed by atoms with Crippen LogP contribution in [0.15, 0.2) is 10.2 Å². The summed E-state index contributed by atoms with van der Waals surface area (Å²) in [6.45, 7) is 0.212. The molecule has 0 amide bonds. The van der Waals surface area contributed by atoms with Gasteiger partial charge in [-0.05, 0) is 0 Å². The molecule has 0 atom stereocenters. The number of aliphatic carboxylic acids is 2. The fraction of sp³-hybridized carbons (Fsp3) is 0.667. The molecule has 0 aromatic heterocycles. The maximum absolute atomic E-state index is 9.94. The van der Waals surface area contributed by atoms with Crippen LogP contribution < -0.4 is 0 Å². The van der Waals surface area contributed by atoms with E-state index in [-0.39, 0.29) is 25.9 Å². The van der Waals surface area contributed by atoms with Crippen molar-refractivity contribution in [3.63, 3.8) is 0 Å². The zero-order valence-electron chi connectivity index (χ0n) is 6.43. The van der Waals surface area contributed by atoms with Crippen LogP contribution >= 0.6 is 0 Å². The van der Waals surface area contributed by atoms with Crippen molar-refractivity contribution in [3.8, 4) is 0 Å². The molecule has 0 fully saturated rings. The molecule has 0 spiro atoms. The quantitative estimate of drug-likeness (QED) is 0.569. The van der Waals surface area contributed by atoms with Crippen LogP contribution in [0.25, 0.3) is 0 Å². The third-order valence-corrected chi connectivity index (χ3v) is 0.951. The fourth-order valence-electron chi connectivity index (χ4n) is 0.433. The summed E-state index contributed by atoms with van der Waals surface area (Å²) in [4.78, 5) is 19.9. The van der Waals surface area contributed by atoms with Gasteiger partial charge in [0.05, 0.1) is 25.9 Å². The van der Waals surface area contributed by atoms with Gasteiger partial charge in [-0.25, -0.2) is 0 Å². The summed E-state index contributed by atoms with van der Waals surface area (Å²) in [6, 6.07) is 0. The third-order valence-electron chi connectivity index (χ3n) is 0.951. The largest absolute Gasteiger partial charge is 0.481 e. The second-order valence-electron chi connectivity index (χ2n) is 2.02. The minimum atomic E-state index is -0.938. The van der Waals surface area contributed by atoms with E-state index in [4.69, 9.17) is 10.2 Å². The normalized spacial score (nSPS) is 10.3. The Balaban J connectivity index is 3.26. The van der Waals surface area contributed by atoms with Crippen molar-refractivity contribution in [3.05, 3.63) is 0 Å². The predicted octanol–water partition coefficient (Wildman–Crippen LogP) is 0.388. The number of nitrogens with zero attached hydrogens (tertiary/aromatic N) is 2. The Labute approximate surface area is 68.9 Å². The van der Waals surface area contributed by atoms with E-state index in [1.54, 1.807) is 0 Å². The maximum atomic E-state index is 9.94. The van der Waals surface area contributed by atoms with Crippen LogP contribution in [0.2, 0.25) is 0 Å². The van der Waals surface area contributed by atoms with E-state index in [9.17, 15) is 9.59 Å². The highest BCUT2D eigenvalue weighted by Gasteiger charge is 1.94. The van der Waals surface area contributed by atoms with Crippen molar-refractivity contribution in [1.29, 1.82) is 0 Å². The summed E-state index contributed by atoms with van der Waals surface area (Å²) in [7, 11) is 0. The van der Waals surface area contributed by atoms with Gasteiger partial charge in [-0.3, -0.25) is 9.59 Å². The molecule has 0 aliphatic carbocycles. The Hall–Kier alpha value is -1.46. The first-order chi connectivity index (χ1) is 5.63. The summed E-state index contributed by atoms with van der Waals surface area (Å²) in [5.74, 6) is -1.88. The molecule has 0 aliphatic heterocycles. The highest BCUT2D eigenvalue weighted by molar-refractivity contribution is 5.67. The molecule has 6 nitrogen and oxygen atoms in total. The van der Waals surface area contributed by atoms with E-state index in [1.807, 2.05) is 0 Å². The second kappa shape index (κ2) is 6.26. The summed E-state index contributed by atoms with van der Waals surface area (Å²) < 4.78 is 0. The van der Waals surface area contributed by atoms with Crippen molar-refractivity contribution in [2.24, 2.45) is 10.2 Å². The first kappa shape index (κ1) is 10.5. The Bertz CT molecular complexity index is 170. The van der Waals surface area contributed by atoms with E-state index < -0.39 is 11.9 Å². The first-order valence-electron chi connectivity index (χ1n) is 3.40. The molecule has 0 aromatic carbocycles. The van der Waals surface area contributed by atoms with Crippen molar-refractivity contribution in [1.82, 2.24) is 0 Å². The molecule has 68 valence electrons. The Kier molecular flexibility index (Phi) is 5.50. The van der Waals surface area contributed by atoms with Gasteiger partial charge in [0.15, 0.2) is 0 Å². The standard InChI is InChI=1S/C6H10N2O4/c9-5(10)1-3-7-8-4-2-6(11)12/h1-4H2,(H,9,10)(H,11,12). The minimum Gasteiger partial charge on any atom is -0.481 e. The lowest BCUT2D eigenvalue weighted by Crippen LogP contribution is -1.98. The first-order valence-corrected chi connectivity index (χ1v) is 3.40. The van der Waals surface area contributed by atoms with Gasteiger partial charge in [0.2, 0.25) is 0 Å². The molecule has 2 N–H and O–H groups in total. The molecular formula is C6H10N2O4. The maximum Gasteiger partial charge on any atom is 0.305 e. The van der Waals surface area contributed by atoms with Gasteiger partial charge in [0, 0.05) is 0 Å². The zero-order valence-corrected chi connectivity index (χ0v) is 6.43. The summed E-state index contributed by atoms with van der Waals surface area (Å²) >= 11 is 0. The summed E-state index contributed by atoms with van der Waals surface area (Å²) in [5.41, 5.74) is 0. The molecule has 12 heavy (non-hydrogen) atoms. The number of rotatable bonds is 6. The van der Waals surface area contributed by atoms with E-state index >= 15 is 0 Å². The van der Waals surface area contributed by atoms with Crippen LogP contribution in [0.1, 0.15) is 12.8 Å². The lowest BCUT2D eigenvalue weighted by Gasteiger charge is -1.88. The van der Waals surface area contributed by atoms with Gasteiger partial charge < -0.3 is 10.2 Å². The summed E-state index contributed by atoms with van der Waals surface area (Å²) in [5, 5.41) is 23.3. The Morgan fingerprint density at radius 1 is 0.917 bits per heavy atom. The topological polar surface area (TPSA) is 99.3 Å². The lowest BCUT2D eigenvalue weighted by atomic mass is 10.4. The van der Waals surface area contributed by atoms with Crippen LogP contribution in [0.3, 0.4) is 0 Å². The van der Waals surface area contributed by atoms with E-state index in [0.717, 1.165) is 0 Å². The van der Waals surface area contributed by atoms with Crippen LogP contribution in [0, 0.1) is 0 Å². The molecule has 0 unspecified atom stereocenters. The van der Waals surface area contributed by atoms with Crippen LogP contribution in [-0.4, -0.2) is 35.2 Å². The van der Waals surface area contributed by atoms with Crippen molar-refractivity contribution in [2.45, 2.75) is 12.8 Å². The van der Waals surface area contributed by atoms with E-state index in [0.29, 0.717) is 0 Å². The van der Waals surface area contributed by atoms with E-state index in [2.05, 4.69) is 10.2 Å². The minimum absolute atomic E-state index is 0.0728. The van der Waals surface area contributed by atoms with E-state index in [1.165, 1.54) is 0 Å². The van der Waals surface area contributed by atoms with Crippen LogP contribution in [0.4, 0.5) is 0 Å². The molecular weight excluding hydrogens is 164 g/mol. The van der Waals surface area contributed by atoms with Gasteiger partial charge in [-0.1, -0.05) is 0 Å². The number of carbonyl (C=O) groups is 2. The molecule has 0 aliphatic rings. The summed E-state index contributed by atoms with van der Waals surface area (Å²) in [6.07, 6.45) is -0.146. The fourth-order valence-corrected chi connectivity index (χ4v) is 0.433. The molecule has 0 rings (SSSR count). The second-order valence-corrected chi connectivity index (χ2v) is 2.02. The van der Waals surface area contributed by atoms with Crippen molar-refractivity contribution >= 4 is 11.9 Å². The average Bonchev–Trinajstić information content (AvgIpc) is 1.95. The van der Waals surface area contributed by atoms with Gasteiger partial charge in [0.1, 0.15) is 0 Å². The molecule has 0 saturated carbocycles. The van der Waals surface area contributed by atoms with Gasteiger partial charge in [0.25, 0.3) is 0 Å². The van der Waals surface area contributed by atoms with Crippen molar-refractivity contribution in [2.75, 3.05) is 13.1 Å². The molecule has 0 aromatic rings. The van der Waals surface area contributed by atoms with Gasteiger partial charge in [-0.2, -0.15) is 10.2 Å². The average molecular weight is 174 g/mol. The number of hydrogen-bond donors (Lipinski definition) is 2. The Morgan fingerprint density at radius 3 is 1.50 bits per heavy atom. The number of hydrogen-bond acceptors (Lipinski definition) is 4.